The van der Waals surface area contributed by atoms with Crippen LogP contribution in [-0.4, -0.2) is 67.0 Å². The first-order chi connectivity index (χ1) is 14.3. The van der Waals surface area contributed by atoms with Gasteiger partial charge in [0.05, 0.1) is 29.5 Å². The molecule has 1 unspecified atom stereocenters. The van der Waals surface area contributed by atoms with Crippen LogP contribution in [0.15, 0.2) is 23.1 Å². The summed E-state index contributed by atoms with van der Waals surface area (Å²) < 4.78 is 34.6. The molecule has 1 aliphatic rings. The van der Waals surface area contributed by atoms with Crippen molar-refractivity contribution in [3.05, 3.63) is 18.2 Å². The molecule has 1 fully saturated rings. The fraction of sp³-hybridized carbons (Fsp3) is 0.650. The summed E-state index contributed by atoms with van der Waals surface area (Å²) in [6.45, 7) is 6.48. The van der Waals surface area contributed by atoms with Crippen LogP contribution in [0.3, 0.4) is 0 Å². The second-order valence-corrected chi connectivity index (χ2v) is 10.1. The molecule has 0 bridgehead atoms. The minimum Gasteiger partial charge on any atom is -0.383 e. The fourth-order valence-electron chi connectivity index (χ4n) is 3.61. The first kappa shape index (κ1) is 22.6. The van der Waals surface area contributed by atoms with Gasteiger partial charge in [-0.2, -0.15) is 4.31 Å². The lowest BCUT2D eigenvalue weighted by Crippen LogP contribution is -2.45. The summed E-state index contributed by atoms with van der Waals surface area (Å²) in [5.41, 5.74) is 1.28. The van der Waals surface area contributed by atoms with Crippen molar-refractivity contribution >= 4 is 27.0 Å². The number of methoxy groups -OCH3 is 1. The molecule has 1 aromatic carbocycles. The van der Waals surface area contributed by atoms with E-state index in [9.17, 15) is 13.2 Å². The molecular weight excluding hydrogens is 406 g/mol. The Kier molecular flexibility index (Phi) is 7.43. The summed E-state index contributed by atoms with van der Waals surface area (Å²) in [6.07, 6.45) is 2.27. The predicted octanol–water partition coefficient (Wildman–Crippen LogP) is 1.64. The molecule has 1 amide bonds. The van der Waals surface area contributed by atoms with Crippen molar-refractivity contribution < 1.29 is 17.9 Å². The van der Waals surface area contributed by atoms with Gasteiger partial charge in [0.2, 0.25) is 15.9 Å². The molecule has 1 atom stereocenters. The molecule has 0 saturated carbocycles. The minimum absolute atomic E-state index is 0.0629. The number of aromatic nitrogens is 3. The second-order valence-electron chi connectivity index (χ2n) is 8.13. The highest BCUT2D eigenvalue weighted by molar-refractivity contribution is 7.89. The number of nitrogens with one attached hydrogen (secondary N) is 1. The Balaban J connectivity index is 1.72. The van der Waals surface area contributed by atoms with Gasteiger partial charge in [0.1, 0.15) is 5.52 Å². The maximum absolute atomic E-state index is 13.2. The molecular formula is C20H31N5O4S. The van der Waals surface area contributed by atoms with Gasteiger partial charge in [-0.3, -0.25) is 4.79 Å². The van der Waals surface area contributed by atoms with Crippen molar-refractivity contribution in [1.29, 1.82) is 0 Å². The molecule has 30 heavy (non-hydrogen) atoms. The van der Waals surface area contributed by atoms with E-state index in [1.165, 1.54) is 4.31 Å². The third-order valence-electron chi connectivity index (χ3n) is 5.41. The highest BCUT2D eigenvalue weighted by Crippen LogP contribution is 2.26. The Morgan fingerprint density at radius 3 is 2.90 bits per heavy atom. The minimum atomic E-state index is -3.71. The maximum Gasteiger partial charge on any atom is 0.243 e. The van der Waals surface area contributed by atoms with Gasteiger partial charge in [-0.25, -0.2) is 13.1 Å². The van der Waals surface area contributed by atoms with Gasteiger partial charge in [-0.15, -0.1) is 5.10 Å². The zero-order chi connectivity index (χ0) is 21.7. The topological polar surface area (TPSA) is 106 Å². The lowest BCUT2D eigenvalue weighted by Gasteiger charge is -2.31. The Hall–Kier alpha value is -2.04. The molecule has 1 aromatic heterocycles. The molecule has 3 rings (SSSR count). The molecule has 1 N–H and O–H groups in total. The molecule has 1 aliphatic heterocycles. The van der Waals surface area contributed by atoms with E-state index in [1.807, 2.05) is 0 Å². The highest BCUT2D eigenvalue weighted by Gasteiger charge is 2.33. The van der Waals surface area contributed by atoms with E-state index in [1.54, 1.807) is 30.0 Å². The summed E-state index contributed by atoms with van der Waals surface area (Å²) in [5, 5.41) is 11.1. The lowest BCUT2D eigenvalue weighted by atomic mass is 9.98. The molecule has 0 aliphatic carbocycles. The van der Waals surface area contributed by atoms with Gasteiger partial charge in [0.25, 0.3) is 0 Å². The van der Waals surface area contributed by atoms with Crippen molar-refractivity contribution in [2.45, 2.75) is 44.6 Å². The van der Waals surface area contributed by atoms with E-state index < -0.39 is 10.0 Å². The maximum atomic E-state index is 13.2. The van der Waals surface area contributed by atoms with Crippen molar-refractivity contribution in [3.63, 3.8) is 0 Å². The summed E-state index contributed by atoms with van der Waals surface area (Å²) in [5.74, 6) is 0.127. The third-order valence-corrected chi connectivity index (χ3v) is 7.27. The van der Waals surface area contributed by atoms with Crippen LogP contribution in [0.2, 0.25) is 0 Å². The average molecular weight is 438 g/mol. The van der Waals surface area contributed by atoms with Crippen LogP contribution < -0.4 is 5.32 Å². The Labute approximate surface area is 177 Å². The third kappa shape index (κ3) is 5.16. The normalized spacial score (nSPS) is 18.2. The summed E-state index contributed by atoms with van der Waals surface area (Å²) >= 11 is 0. The number of ether oxygens (including phenoxy) is 1. The number of hydrogen-bond acceptors (Lipinski definition) is 6. The number of benzene rings is 1. The number of piperidine rings is 1. The summed E-state index contributed by atoms with van der Waals surface area (Å²) in [7, 11) is -2.10. The molecule has 0 radical (unpaired) electrons. The predicted molar refractivity (Wildman–Crippen MR) is 113 cm³/mol. The smallest absolute Gasteiger partial charge is 0.243 e. The Morgan fingerprint density at radius 1 is 1.37 bits per heavy atom. The van der Waals surface area contributed by atoms with Crippen LogP contribution in [0.25, 0.3) is 11.0 Å². The van der Waals surface area contributed by atoms with Crippen molar-refractivity contribution in [2.75, 3.05) is 33.4 Å². The fourth-order valence-corrected chi connectivity index (χ4v) is 5.15. The molecule has 1 saturated heterocycles. The number of amides is 1. The van der Waals surface area contributed by atoms with Gasteiger partial charge in [0.15, 0.2) is 0 Å². The average Bonchev–Trinajstić information content (AvgIpc) is 3.14. The van der Waals surface area contributed by atoms with Gasteiger partial charge in [-0.05, 0) is 43.4 Å². The van der Waals surface area contributed by atoms with Crippen molar-refractivity contribution in [3.8, 4) is 0 Å². The van der Waals surface area contributed by atoms with Crippen LogP contribution >= 0.6 is 0 Å². The SMILES string of the molecule is COCCn1nnc2cc(S(=O)(=O)N3CCCC(C(=O)NCCC(C)C)C3)ccc21. The van der Waals surface area contributed by atoms with E-state index in [4.69, 9.17) is 4.74 Å². The van der Waals surface area contributed by atoms with Crippen LogP contribution in [0, 0.1) is 11.8 Å². The second kappa shape index (κ2) is 9.84. The van der Waals surface area contributed by atoms with Crippen molar-refractivity contribution in [1.82, 2.24) is 24.6 Å². The number of rotatable bonds is 9. The Bertz CT molecular complexity index is 973. The van der Waals surface area contributed by atoms with Crippen LogP contribution in [0.5, 0.6) is 0 Å². The number of carbonyl (C=O) groups excluding carboxylic acids is 1. The van der Waals surface area contributed by atoms with Crippen LogP contribution in [-0.2, 0) is 26.1 Å². The van der Waals surface area contributed by atoms with E-state index in [-0.39, 0.29) is 23.3 Å². The van der Waals surface area contributed by atoms with Crippen LogP contribution in [0.1, 0.15) is 33.1 Å². The van der Waals surface area contributed by atoms with Gasteiger partial charge in [-0.1, -0.05) is 19.1 Å². The van der Waals surface area contributed by atoms with Crippen molar-refractivity contribution in [2.24, 2.45) is 11.8 Å². The Morgan fingerprint density at radius 2 is 2.17 bits per heavy atom. The standard InChI is InChI=1S/C20H31N5O4S/c1-15(2)8-9-21-20(26)16-5-4-10-24(14-16)30(27,28)17-6-7-19-18(13-17)22-23-25(19)11-12-29-3/h6-7,13,15-16H,4-5,8-12,14H2,1-3H3,(H,21,26). The molecule has 10 heteroatoms. The van der Waals surface area contributed by atoms with Gasteiger partial charge in [0, 0.05) is 26.7 Å². The number of hydrogen-bond donors (Lipinski definition) is 1. The lowest BCUT2D eigenvalue weighted by molar-refractivity contribution is -0.126. The number of nitrogens with zero attached hydrogens (tertiary/aromatic N) is 4. The largest absolute Gasteiger partial charge is 0.383 e. The summed E-state index contributed by atoms with van der Waals surface area (Å²) in [4.78, 5) is 12.7. The van der Waals surface area contributed by atoms with Gasteiger partial charge < -0.3 is 10.1 Å². The molecule has 166 valence electrons. The van der Waals surface area contributed by atoms with E-state index in [0.717, 1.165) is 11.9 Å². The van der Waals surface area contributed by atoms with Gasteiger partial charge >= 0.3 is 0 Å². The summed E-state index contributed by atoms with van der Waals surface area (Å²) in [6, 6.07) is 4.85. The number of fused-ring (bicyclic) bond motifs is 1. The highest BCUT2D eigenvalue weighted by atomic mass is 32.2. The van der Waals surface area contributed by atoms with E-state index >= 15 is 0 Å². The molecule has 2 heterocycles. The first-order valence-electron chi connectivity index (χ1n) is 10.4. The van der Waals surface area contributed by atoms with Crippen LogP contribution in [0.4, 0.5) is 0 Å². The first-order valence-corrected chi connectivity index (χ1v) is 11.9. The van der Waals surface area contributed by atoms with E-state index in [0.29, 0.717) is 50.5 Å². The molecule has 2 aromatic rings. The zero-order valence-electron chi connectivity index (χ0n) is 17.9. The van der Waals surface area contributed by atoms with E-state index in [2.05, 4.69) is 29.5 Å². The quantitative estimate of drug-likeness (QED) is 0.639. The molecule has 0 spiro atoms. The molecule has 9 nitrogen and oxygen atoms in total. The number of carbonyl (C=O) groups is 1. The number of sulfonamides is 1. The zero-order valence-corrected chi connectivity index (χ0v) is 18.7. The monoisotopic (exact) mass is 437 g/mol.